The second kappa shape index (κ2) is 27.4. The van der Waals surface area contributed by atoms with Gasteiger partial charge in [0.2, 0.25) is 5.82 Å². The van der Waals surface area contributed by atoms with Crippen molar-refractivity contribution in [2.75, 3.05) is 30.0 Å². The first-order chi connectivity index (χ1) is 25.0. The van der Waals surface area contributed by atoms with E-state index in [1.807, 2.05) is 20.0 Å². The molecule has 1 radical (unpaired) electrons. The predicted octanol–water partition coefficient (Wildman–Crippen LogP) is 6.39. The van der Waals surface area contributed by atoms with Crippen molar-refractivity contribution in [3.8, 4) is 11.6 Å². The third-order valence-electron chi connectivity index (χ3n) is 5.99. The summed E-state index contributed by atoms with van der Waals surface area (Å²) >= 11 is 6.70. The zero-order valence-corrected chi connectivity index (χ0v) is 37.2. The maximum atomic E-state index is 10.9. The van der Waals surface area contributed by atoms with Crippen molar-refractivity contribution in [2.45, 2.75) is 35.1 Å². The molecule has 0 saturated heterocycles. The quantitative estimate of drug-likeness (QED) is 0.0482. The average Bonchev–Trinajstić information content (AvgIpc) is 3.86. The van der Waals surface area contributed by atoms with Gasteiger partial charge in [0, 0.05) is 68.5 Å². The number of halogens is 3. The summed E-state index contributed by atoms with van der Waals surface area (Å²) in [5.41, 5.74) is 26.4. The number of rotatable bonds is 4. The number of hydrogen-bond acceptors (Lipinski definition) is 15. The molecule has 6 aromatic heterocycles. The largest absolute Gasteiger partial charge is 0.400 e. The Morgan fingerprint density at radius 3 is 1.49 bits per heavy atom. The summed E-state index contributed by atoms with van der Waals surface area (Å²) in [7, 11) is 1.00. The van der Waals surface area contributed by atoms with Crippen molar-refractivity contribution in [2.24, 2.45) is 0 Å². The topological polar surface area (TPSA) is 314 Å². The van der Waals surface area contributed by atoms with Gasteiger partial charge in [-0.05, 0) is 45.9 Å². The molecule has 0 aromatic carbocycles. The molecule has 0 bridgehead atoms. The molecule has 55 heavy (non-hydrogen) atoms. The Balaban J connectivity index is 0. The Hall–Kier alpha value is -4.19. The van der Waals surface area contributed by atoms with E-state index in [9.17, 15) is 20.2 Å². The third kappa shape index (κ3) is 18.3. The van der Waals surface area contributed by atoms with Crippen LogP contribution in [0.3, 0.4) is 0 Å². The molecule has 6 rings (SSSR count). The van der Waals surface area contributed by atoms with Gasteiger partial charge in [-0.25, -0.2) is 24.9 Å². The third-order valence-corrected chi connectivity index (χ3v) is 5.99. The van der Waals surface area contributed by atoms with Gasteiger partial charge in [0.05, 0.1) is 38.9 Å². The molecule has 10 N–H and O–H groups in total. The van der Waals surface area contributed by atoms with Crippen LogP contribution in [0.15, 0.2) is 74.4 Å². The van der Waals surface area contributed by atoms with E-state index in [1.54, 1.807) is 55.7 Å². The Labute approximate surface area is 370 Å². The second-order valence-electron chi connectivity index (χ2n) is 9.85. The molecule has 0 aliphatic carbocycles. The number of nitrogens with zero attached hydrogens (tertiary/aromatic N) is 10. The van der Waals surface area contributed by atoms with Gasteiger partial charge in [-0.15, -0.1) is -0.0619 Å². The molecule has 0 saturated carbocycles. The van der Waals surface area contributed by atoms with Crippen LogP contribution in [-0.2, 0) is 18.6 Å². The predicted molar refractivity (Wildman–Crippen MR) is 236 cm³/mol. The second-order valence-corrected chi connectivity index (χ2v) is 19.3. The van der Waals surface area contributed by atoms with E-state index in [1.165, 1.54) is 35.4 Å². The molecule has 20 nitrogen and oxygen atoms in total. The summed E-state index contributed by atoms with van der Waals surface area (Å²) in [6, 6.07) is 4.47. The number of H-pyrrole nitrogens is 1. The number of hydrogen-bond donors (Lipinski definition) is 6. The minimum atomic E-state index is -0.549. The van der Waals surface area contributed by atoms with Gasteiger partial charge in [-0.1, -0.05) is 7.43 Å². The van der Waals surface area contributed by atoms with E-state index in [2.05, 4.69) is 103 Å². The first-order valence-electron chi connectivity index (χ1n) is 14.5. The first-order valence-corrected chi connectivity index (χ1v) is 17.8. The van der Waals surface area contributed by atoms with Gasteiger partial charge in [0.25, 0.3) is 0 Å². The number of anilines is 4. The number of nitrogens with one attached hydrogen (secondary N) is 1. The fraction of sp³-hybridized carbons (Fsp3) is 0.194. The Bertz CT molecular complexity index is 2010. The number of aromatic amines is 1. The van der Waals surface area contributed by atoms with Crippen molar-refractivity contribution >= 4 is 102 Å². The summed E-state index contributed by atoms with van der Waals surface area (Å²) in [5, 5.41) is 28.2. The molecular weight excluding hydrogens is 1090 g/mol. The zero-order chi connectivity index (χ0) is 40.2. The number of aromatic nitrogens is 9. The molecule has 0 aliphatic heterocycles. The Morgan fingerprint density at radius 1 is 0.727 bits per heavy atom. The number of nitrogen functional groups attached to an aromatic ring is 4. The molecule has 0 atom stereocenters. The monoisotopic (exact) mass is 1130 g/mol. The van der Waals surface area contributed by atoms with Crippen molar-refractivity contribution < 1.29 is 33.5 Å². The molecule has 0 unspecified atom stereocenters. The minimum absolute atomic E-state index is 0. The van der Waals surface area contributed by atoms with Crippen LogP contribution in [0.5, 0.6) is 0 Å². The normalized spacial score (nSPS) is 9.27. The summed E-state index contributed by atoms with van der Waals surface area (Å²) in [5.74, 6) is 0.788. The summed E-state index contributed by atoms with van der Waals surface area (Å²) in [6.45, 7) is 7.20. The van der Waals surface area contributed by atoms with E-state index in [-0.39, 0.29) is 54.5 Å². The summed E-state index contributed by atoms with van der Waals surface area (Å²) in [4.78, 5) is 46.7. The molecule has 297 valence electrons. The number of nitro groups is 2. The number of imidazole rings is 3. The van der Waals surface area contributed by atoms with E-state index < -0.39 is 9.85 Å². The van der Waals surface area contributed by atoms with E-state index in [0.717, 1.165) is 24.2 Å². The van der Waals surface area contributed by atoms with Gasteiger partial charge in [0.1, 0.15) is 29.7 Å². The first kappa shape index (κ1) is 52.9. The van der Waals surface area contributed by atoms with Crippen molar-refractivity contribution in [3.05, 3.63) is 117 Å². The van der Waals surface area contributed by atoms with Crippen LogP contribution in [0.1, 0.15) is 30.2 Å². The molecule has 0 amide bonds. The fourth-order valence-electron chi connectivity index (χ4n) is 3.73. The number of pyridine rings is 3. The van der Waals surface area contributed by atoms with E-state index in [4.69, 9.17) is 28.0 Å². The average molecular weight is 1140 g/mol. The molecule has 0 fully saturated rings. The zero-order valence-electron chi connectivity index (χ0n) is 29.4. The van der Waals surface area contributed by atoms with E-state index in [0.29, 0.717) is 22.9 Å². The molecular formula is C31H41I3N15O5V-. The van der Waals surface area contributed by atoms with Gasteiger partial charge < -0.3 is 33.0 Å². The van der Waals surface area contributed by atoms with Crippen LogP contribution in [-0.4, -0.2) is 66.1 Å². The molecule has 0 aliphatic rings. The Morgan fingerprint density at radius 2 is 1.15 bits per heavy atom. The standard InChI is InChI=1S/C9H9N5O2.C9H11N5.C6H7N3O2.C4H6N2.CI3.CH4O.CH4.V/c1-6-4-13(5-12-6)9-8(14(15)16)7(10)2-3-11-9;1-6-4-14(5-13-6)9-8(11)7(10)2-3-12-9;1-4-6(9(10)11)5(7)2-3-8-4;1-4-2-5-3-6-4;2-1(3)4;1-2;;/h2-5H,1H3,(H2,10,11);2-5H,11H2,1H3,(H2,10,12);2-3H,1H3,(H2,7,8);2-3H,1H3,(H,5,6);;2H,1H3;1H4;/q;;;;-1;;;. The molecule has 0 spiro atoms. The van der Waals surface area contributed by atoms with Crippen LogP contribution < -0.4 is 22.9 Å². The molecule has 6 aromatic rings. The fourth-order valence-corrected chi connectivity index (χ4v) is 3.73. The van der Waals surface area contributed by atoms with Crippen LogP contribution in [0.25, 0.3) is 11.6 Å². The van der Waals surface area contributed by atoms with Gasteiger partial charge in [-0.2, -0.15) is 0 Å². The van der Waals surface area contributed by atoms with Crippen molar-refractivity contribution in [1.82, 2.24) is 44.0 Å². The van der Waals surface area contributed by atoms with Crippen LogP contribution in [0.2, 0.25) is 0 Å². The number of aliphatic hydroxyl groups is 1. The van der Waals surface area contributed by atoms with Crippen LogP contribution >= 0.6 is 67.8 Å². The SMILES string of the molecule is C.CO.Cc1cn(-c2nccc(N)c2N)cn1.Cc1cn(-c2nccc(N)c2[N+](=O)[O-])cn1.Cc1cnc[nH]1.Cc1nccc(N)c1[N+](=O)[O-].I[C-](I)I.[V]. The summed E-state index contributed by atoms with van der Waals surface area (Å²) in [6.07, 6.45) is 14.5. The maximum Gasteiger partial charge on any atom is 0.334 e. The summed E-state index contributed by atoms with van der Waals surface area (Å²) < 4.78 is 4.55. The smallest absolute Gasteiger partial charge is 0.334 e. The molecule has 24 heteroatoms. The Kier molecular flexibility index (Phi) is 26.4. The van der Waals surface area contributed by atoms with E-state index >= 15 is 0 Å². The number of nitrogens with two attached hydrogens (primary N) is 4. The van der Waals surface area contributed by atoms with Crippen molar-refractivity contribution in [1.29, 1.82) is 0 Å². The van der Waals surface area contributed by atoms with Crippen LogP contribution in [0.4, 0.5) is 34.1 Å². The van der Waals surface area contributed by atoms with Gasteiger partial charge in [0.15, 0.2) is 5.82 Å². The van der Waals surface area contributed by atoms with Crippen molar-refractivity contribution in [3.63, 3.8) is 0 Å². The number of aliphatic hydroxyl groups excluding tert-OH is 1. The minimum Gasteiger partial charge on any atom is -0.400 e. The molecule has 6 heterocycles. The van der Waals surface area contributed by atoms with Gasteiger partial charge in [-0.3, -0.25) is 102 Å². The van der Waals surface area contributed by atoms with Gasteiger partial charge >= 0.3 is 11.4 Å². The maximum absolute atomic E-state index is 10.9. The van der Waals surface area contributed by atoms with Crippen LogP contribution in [0, 0.1) is 47.9 Å². The number of aryl methyl sites for hydroxylation is 4.